The van der Waals surface area contributed by atoms with Crippen LogP contribution in [0.2, 0.25) is 0 Å². The fourth-order valence-corrected chi connectivity index (χ4v) is 1.94. The van der Waals surface area contributed by atoms with Gasteiger partial charge in [0.15, 0.2) is 5.82 Å². The normalized spacial score (nSPS) is 10.2. The Morgan fingerprint density at radius 1 is 1.39 bits per heavy atom. The van der Waals surface area contributed by atoms with Gasteiger partial charge in [-0.15, -0.1) is 17.5 Å². The number of hydrogen-bond acceptors (Lipinski definition) is 6. The smallest absolute Gasteiger partial charge is 0.238 e. The van der Waals surface area contributed by atoms with Crippen molar-refractivity contribution in [2.24, 2.45) is 0 Å². The van der Waals surface area contributed by atoms with Gasteiger partial charge in [0, 0.05) is 31.5 Å². The molecule has 0 unspecified atom stereocenters. The van der Waals surface area contributed by atoms with Crippen molar-refractivity contribution in [3.05, 3.63) is 24.3 Å². The third-order valence-electron chi connectivity index (χ3n) is 3.00. The summed E-state index contributed by atoms with van der Waals surface area (Å²) >= 11 is 0. The summed E-state index contributed by atoms with van der Waals surface area (Å²) in [6.45, 7) is 4.09. The molecule has 23 heavy (non-hydrogen) atoms. The Labute approximate surface area is 141 Å². The number of hydrogen-bond donors (Lipinski definition) is 2. The molecule has 0 atom stereocenters. The molecule has 1 aromatic heterocycles. The molecule has 9 heteroatoms. The summed E-state index contributed by atoms with van der Waals surface area (Å²) in [5.74, 6) is 0.570. The molecule has 2 aromatic rings. The first-order chi connectivity index (χ1) is 10.7. The van der Waals surface area contributed by atoms with Crippen LogP contribution in [-0.2, 0) is 16.1 Å². The highest BCUT2D eigenvalue weighted by atomic mass is 35.5. The summed E-state index contributed by atoms with van der Waals surface area (Å²) in [5.41, 5.74) is 1.57. The lowest BCUT2D eigenvalue weighted by Crippen LogP contribution is -2.30. The number of aromatic nitrogens is 4. The minimum absolute atomic E-state index is 0. The monoisotopic (exact) mass is 340 g/mol. The number of amides is 1. The van der Waals surface area contributed by atoms with E-state index in [2.05, 4.69) is 26.2 Å². The molecule has 8 nitrogen and oxygen atoms in total. The molecule has 1 aromatic carbocycles. The number of benzene rings is 1. The van der Waals surface area contributed by atoms with E-state index in [1.165, 1.54) is 0 Å². The average molecular weight is 341 g/mol. The van der Waals surface area contributed by atoms with Crippen molar-refractivity contribution < 1.29 is 9.53 Å². The number of carbonyl (C=O) groups is 1. The topological polar surface area (TPSA) is 94.0 Å². The first kappa shape index (κ1) is 19.0. The maximum absolute atomic E-state index is 11.8. The predicted octanol–water partition coefficient (Wildman–Crippen LogP) is 0.956. The average Bonchev–Trinajstić information content (AvgIpc) is 3.00. The predicted molar refractivity (Wildman–Crippen MR) is 89.6 cm³/mol. The second kappa shape index (κ2) is 9.88. The lowest BCUT2D eigenvalue weighted by atomic mass is 10.2. The van der Waals surface area contributed by atoms with Gasteiger partial charge in [-0.3, -0.25) is 4.79 Å². The Kier molecular flexibility index (Phi) is 8.17. The molecule has 126 valence electrons. The van der Waals surface area contributed by atoms with Crippen LogP contribution in [0.5, 0.6) is 0 Å². The van der Waals surface area contributed by atoms with Crippen LogP contribution in [0, 0.1) is 0 Å². The standard InChI is InChI=1S/C14H20N6O2.ClH/c1-3-20-14(17-18-19-20)11-5-4-6-12(9-11)16-13(21)10-15-7-8-22-2;/h4-6,9,15H,3,7-8,10H2,1-2H3,(H,16,21);1H. The molecule has 0 radical (unpaired) electrons. The molecule has 0 bridgehead atoms. The molecular weight excluding hydrogens is 320 g/mol. The van der Waals surface area contributed by atoms with Gasteiger partial charge in [-0.05, 0) is 29.5 Å². The summed E-state index contributed by atoms with van der Waals surface area (Å²) < 4.78 is 6.61. The van der Waals surface area contributed by atoms with Crippen LogP contribution < -0.4 is 10.6 Å². The largest absolute Gasteiger partial charge is 0.383 e. The number of nitrogens with zero attached hydrogens (tertiary/aromatic N) is 4. The number of rotatable bonds is 8. The molecular formula is C14H21ClN6O2. The zero-order valence-electron chi connectivity index (χ0n) is 13.2. The van der Waals surface area contributed by atoms with Crippen LogP contribution in [0.4, 0.5) is 5.69 Å². The quantitative estimate of drug-likeness (QED) is 0.695. The molecule has 0 aliphatic heterocycles. The van der Waals surface area contributed by atoms with E-state index in [9.17, 15) is 4.79 Å². The molecule has 0 aliphatic carbocycles. The maximum atomic E-state index is 11.8. The van der Waals surface area contributed by atoms with Gasteiger partial charge in [0.25, 0.3) is 0 Å². The van der Waals surface area contributed by atoms with Gasteiger partial charge >= 0.3 is 0 Å². The number of aryl methyl sites for hydroxylation is 1. The summed E-state index contributed by atoms with van der Waals surface area (Å²) in [7, 11) is 1.62. The number of ether oxygens (including phenoxy) is 1. The third-order valence-corrected chi connectivity index (χ3v) is 3.00. The first-order valence-electron chi connectivity index (χ1n) is 7.10. The van der Waals surface area contributed by atoms with Crippen LogP contribution in [0.3, 0.4) is 0 Å². The first-order valence-corrected chi connectivity index (χ1v) is 7.10. The second-order valence-electron chi connectivity index (χ2n) is 4.62. The van der Waals surface area contributed by atoms with Crippen LogP contribution >= 0.6 is 12.4 Å². The zero-order valence-corrected chi connectivity index (χ0v) is 14.0. The van der Waals surface area contributed by atoms with E-state index >= 15 is 0 Å². The summed E-state index contributed by atoms with van der Waals surface area (Å²) in [6.07, 6.45) is 0. The van der Waals surface area contributed by atoms with E-state index in [4.69, 9.17) is 4.74 Å². The molecule has 2 rings (SSSR count). The molecule has 1 heterocycles. The fraction of sp³-hybridized carbons (Fsp3) is 0.429. The number of tetrazole rings is 1. The molecule has 0 fully saturated rings. The number of halogens is 1. The Bertz CT molecular complexity index is 619. The van der Waals surface area contributed by atoms with E-state index in [0.29, 0.717) is 31.2 Å². The minimum atomic E-state index is -0.108. The second-order valence-corrected chi connectivity index (χ2v) is 4.62. The van der Waals surface area contributed by atoms with Crippen molar-refractivity contribution in [1.82, 2.24) is 25.5 Å². The Morgan fingerprint density at radius 3 is 2.96 bits per heavy atom. The minimum Gasteiger partial charge on any atom is -0.383 e. The van der Waals surface area contributed by atoms with Crippen LogP contribution in [0.1, 0.15) is 6.92 Å². The molecule has 0 saturated heterocycles. The SMILES string of the molecule is CCn1nnnc1-c1cccc(NC(=O)CNCCOC)c1.Cl. The lowest BCUT2D eigenvalue weighted by molar-refractivity contribution is -0.115. The van der Waals surface area contributed by atoms with Crippen LogP contribution in [0.15, 0.2) is 24.3 Å². The van der Waals surface area contributed by atoms with E-state index in [-0.39, 0.29) is 24.9 Å². The van der Waals surface area contributed by atoms with E-state index < -0.39 is 0 Å². The van der Waals surface area contributed by atoms with Crippen LogP contribution in [-0.4, -0.2) is 52.9 Å². The number of carbonyl (C=O) groups excluding carboxylic acids is 1. The van der Waals surface area contributed by atoms with Crippen molar-refractivity contribution in [3.63, 3.8) is 0 Å². The maximum Gasteiger partial charge on any atom is 0.238 e. The van der Waals surface area contributed by atoms with Crippen LogP contribution in [0.25, 0.3) is 11.4 Å². The van der Waals surface area contributed by atoms with E-state index in [1.54, 1.807) is 11.8 Å². The van der Waals surface area contributed by atoms with Gasteiger partial charge < -0.3 is 15.4 Å². The van der Waals surface area contributed by atoms with E-state index in [0.717, 1.165) is 5.56 Å². The fourth-order valence-electron chi connectivity index (χ4n) is 1.94. The van der Waals surface area contributed by atoms with Gasteiger partial charge in [-0.2, -0.15) is 0 Å². The zero-order chi connectivity index (χ0) is 15.8. The van der Waals surface area contributed by atoms with Gasteiger partial charge in [0.1, 0.15) is 0 Å². The van der Waals surface area contributed by atoms with Gasteiger partial charge in [-0.25, -0.2) is 4.68 Å². The van der Waals surface area contributed by atoms with Crippen molar-refractivity contribution in [2.75, 3.05) is 32.1 Å². The number of methoxy groups -OCH3 is 1. The summed E-state index contributed by atoms with van der Waals surface area (Å²) in [4.78, 5) is 11.8. The van der Waals surface area contributed by atoms with Gasteiger partial charge in [-0.1, -0.05) is 12.1 Å². The Hall–Kier alpha value is -2.03. The van der Waals surface area contributed by atoms with Crippen molar-refractivity contribution >= 4 is 24.0 Å². The summed E-state index contributed by atoms with van der Waals surface area (Å²) in [5, 5.41) is 17.4. The van der Waals surface area contributed by atoms with Crippen molar-refractivity contribution in [2.45, 2.75) is 13.5 Å². The molecule has 1 amide bonds. The summed E-state index contributed by atoms with van der Waals surface area (Å²) in [6, 6.07) is 7.45. The highest BCUT2D eigenvalue weighted by Crippen LogP contribution is 2.19. The highest BCUT2D eigenvalue weighted by molar-refractivity contribution is 5.92. The van der Waals surface area contributed by atoms with E-state index in [1.807, 2.05) is 31.2 Å². The molecule has 2 N–H and O–H groups in total. The molecule has 0 saturated carbocycles. The number of anilines is 1. The van der Waals surface area contributed by atoms with Crippen molar-refractivity contribution in [1.29, 1.82) is 0 Å². The Balaban J connectivity index is 0.00000264. The molecule has 0 spiro atoms. The highest BCUT2D eigenvalue weighted by Gasteiger charge is 2.09. The van der Waals surface area contributed by atoms with Gasteiger partial charge in [0.05, 0.1) is 13.2 Å². The Morgan fingerprint density at radius 2 is 2.22 bits per heavy atom. The number of nitrogens with one attached hydrogen (secondary N) is 2. The third kappa shape index (κ3) is 5.59. The molecule has 0 aliphatic rings. The lowest BCUT2D eigenvalue weighted by Gasteiger charge is -2.08. The van der Waals surface area contributed by atoms with Gasteiger partial charge in [0.2, 0.25) is 5.91 Å². The van der Waals surface area contributed by atoms with Crippen molar-refractivity contribution in [3.8, 4) is 11.4 Å².